The van der Waals surface area contributed by atoms with Gasteiger partial charge in [-0.05, 0) is 43.6 Å². The summed E-state index contributed by atoms with van der Waals surface area (Å²) in [6.45, 7) is 1.77. The molecule has 0 fully saturated rings. The van der Waals surface area contributed by atoms with Crippen molar-refractivity contribution in [1.82, 2.24) is 25.9 Å². The Morgan fingerprint density at radius 2 is 1.71 bits per heavy atom. The molecule has 1 atom stereocenters. The number of nitrogens with zero attached hydrogens (tertiary/aromatic N) is 2. The Bertz CT molecular complexity index is 1250. The lowest BCUT2D eigenvalue weighted by atomic mass is 10.1. The maximum Gasteiger partial charge on any atom is 0.290 e. The first-order valence-corrected chi connectivity index (χ1v) is 12.4. The summed E-state index contributed by atoms with van der Waals surface area (Å²) < 4.78 is 6.61. The fourth-order valence-corrected chi connectivity index (χ4v) is 3.76. The van der Waals surface area contributed by atoms with Gasteiger partial charge >= 0.3 is 0 Å². The molecule has 0 saturated carbocycles. The number of ether oxygens (including phenoxy) is 1. The van der Waals surface area contributed by atoms with E-state index in [4.69, 9.17) is 4.74 Å². The largest absolute Gasteiger partial charge is 0.484 e. The smallest absolute Gasteiger partial charge is 0.290 e. The molecule has 0 radical (unpaired) electrons. The van der Waals surface area contributed by atoms with Crippen molar-refractivity contribution < 1.29 is 19.1 Å². The lowest BCUT2D eigenvalue weighted by molar-refractivity contribution is -0.130. The number of aromatic nitrogens is 2. The lowest BCUT2D eigenvalue weighted by Crippen LogP contribution is -2.53. The molecule has 3 aromatic rings. The third kappa shape index (κ3) is 6.82. The Labute approximate surface area is 206 Å². The second-order valence-corrected chi connectivity index (χ2v) is 8.45. The summed E-state index contributed by atoms with van der Waals surface area (Å²) in [5.41, 5.74) is 4.40. The number of carbonyl (C=O) groups is 3. The Balaban J connectivity index is 1.66. The van der Waals surface area contributed by atoms with Gasteiger partial charge in [0, 0.05) is 11.9 Å². The van der Waals surface area contributed by atoms with Crippen LogP contribution in [0.5, 0.6) is 5.75 Å². The first-order valence-electron chi connectivity index (χ1n) is 11.0. The molecule has 35 heavy (non-hydrogen) atoms. The molecule has 0 aliphatic rings. The zero-order chi connectivity index (χ0) is 25.2. The molecule has 0 saturated heterocycles. The van der Waals surface area contributed by atoms with Crippen molar-refractivity contribution >= 4 is 40.3 Å². The molecule has 1 unspecified atom stereocenters. The zero-order valence-electron chi connectivity index (χ0n) is 19.4. The van der Waals surface area contributed by atoms with Gasteiger partial charge < -0.3 is 10.1 Å². The highest BCUT2D eigenvalue weighted by molar-refractivity contribution is 7.98. The Hall–Kier alpha value is -3.86. The molecule has 3 amide bonds. The Kier molecular flexibility index (Phi) is 9.24. The third-order valence-electron chi connectivity index (χ3n) is 5.06. The molecule has 1 aromatic heterocycles. The fraction of sp³-hybridized carbons (Fsp3) is 0.292. The van der Waals surface area contributed by atoms with Crippen LogP contribution in [0.3, 0.4) is 0 Å². The van der Waals surface area contributed by atoms with Gasteiger partial charge in [-0.15, -0.1) is 0 Å². The highest BCUT2D eigenvalue weighted by Gasteiger charge is 2.22. The summed E-state index contributed by atoms with van der Waals surface area (Å²) in [5.74, 6) is -0.593. The molecule has 0 aliphatic carbocycles. The van der Waals surface area contributed by atoms with Crippen LogP contribution in [0.15, 0.2) is 59.4 Å². The normalized spacial score (nSPS) is 11.5. The van der Waals surface area contributed by atoms with Gasteiger partial charge in [-0.2, -0.15) is 16.9 Å². The molecule has 184 valence electrons. The quantitative estimate of drug-likeness (QED) is 0.362. The van der Waals surface area contributed by atoms with Crippen LogP contribution in [0.4, 0.5) is 0 Å². The molecular formula is C24H27N5O5S. The van der Waals surface area contributed by atoms with E-state index in [9.17, 15) is 19.2 Å². The molecular weight excluding hydrogens is 470 g/mol. The Morgan fingerprint density at radius 1 is 1.03 bits per heavy atom. The number of carbonyl (C=O) groups excluding carboxylic acids is 3. The van der Waals surface area contributed by atoms with Crippen molar-refractivity contribution in [3.63, 3.8) is 0 Å². The number of nitrogens with one attached hydrogen (secondary N) is 3. The van der Waals surface area contributed by atoms with Crippen molar-refractivity contribution in [3.05, 3.63) is 70.6 Å². The van der Waals surface area contributed by atoms with Gasteiger partial charge in [0.2, 0.25) is 0 Å². The minimum absolute atomic E-state index is 0.00307. The first-order chi connectivity index (χ1) is 16.9. The number of hydrogen-bond acceptors (Lipinski definition) is 7. The number of thioether (sulfide) groups is 1. The van der Waals surface area contributed by atoms with Crippen molar-refractivity contribution in [3.8, 4) is 5.75 Å². The number of para-hydroxylation sites is 1. The van der Waals surface area contributed by atoms with E-state index < -0.39 is 23.8 Å². The molecule has 0 spiro atoms. The predicted molar refractivity (Wildman–Crippen MR) is 134 cm³/mol. The lowest BCUT2D eigenvalue weighted by Gasteiger charge is -2.19. The van der Waals surface area contributed by atoms with E-state index in [0.717, 1.165) is 0 Å². The monoisotopic (exact) mass is 497 g/mol. The van der Waals surface area contributed by atoms with Crippen molar-refractivity contribution in [2.75, 3.05) is 18.6 Å². The second kappa shape index (κ2) is 12.6. The third-order valence-corrected chi connectivity index (χ3v) is 5.70. The molecule has 3 rings (SSSR count). The Morgan fingerprint density at radius 3 is 2.40 bits per heavy atom. The summed E-state index contributed by atoms with van der Waals surface area (Å²) in [4.78, 5) is 50.4. The number of hydrazine groups is 1. The standard InChI is InChI=1S/C24H27N5O5S/c1-3-29-24(33)18-12-8-7-11-17(18)21(28-29)23(32)27-26-22(31)19(13-14-35-2)25-20(30)15-34-16-9-5-4-6-10-16/h4-12,19H,3,13-15H2,1-2H3,(H,25,30)(H,26,31)(H,27,32). The van der Waals surface area contributed by atoms with E-state index in [0.29, 0.717) is 28.7 Å². The fourth-order valence-electron chi connectivity index (χ4n) is 3.29. The van der Waals surface area contributed by atoms with Crippen molar-refractivity contribution in [2.45, 2.75) is 25.9 Å². The van der Waals surface area contributed by atoms with Crippen LogP contribution >= 0.6 is 11.8 Å². The van der Waals surface area contributed by atoms with Crippen LogP contribution < -0.4 is 26.5 Å². The average Bonchev–Trinajstić information content (AvgIpc) is 2.89. The van der Waals surface area contributed by atoms with Crippen LogP contribution in [0, 0.1) is 0 Å². The molecule has 2 aromatic carbocycles. The van der Waals surface area contributed by atoms with Gasteiger partial charge in [-0.1, -0.05) is 36.4 Å². The molecule has 11 heteroatoms. The van der Waals surface area contributed by atoms with Crippen molar-refractivity contribution in [1.29, 1.82) is 0 Å². The maximum absolute atomic E-state index is 12.8. The zero-order valence-corrected chi connectivity index (χ0v) is 20.3. The van der Waals surface area contributed by atoms with E-state index in [-0.39, 0.29) is 24.4 Å². The topological polar surface area (TPSA) is 131 Å². The molecule has 0 aliphatic heterocycles. The van der Waals surface area contributed by atoms with E-state index in [1.54, 1.807) is 55.5 Å². The number of aryl methyl sites for hydroxylation is 1. The van der Waals surface area contributed by atoms with Crippen LogP contribution in [0.25, 0.3) is 10.8 Å². The SMILES string of the molecule is CCn1nc(C(=O)NNC(=O)C(CCSC)NC(=O)COc2ccccc2)c2ccccc2c1=O. The highest BCUT2D eigenvalue weighted by atomic mass is 32.2. The number of benzene rings is 2. The summed E-state index contributed by atoms with van der Waals surface area (Å²) in [6.07, 6.45) is 2.23. The van der Waals surface area contributed by atoms with Gasteiger partial charge in [-0.25, -0.2) is 4.68 Å². The van der Waals surface area contributed by atoms with Gasteiger partial charge in [0.1, 0.15) is 11.8 Å². The van der Waals surface area contributed by atoms with Crippen LogP contribution in [0.2, 0.25) is 0 Å². The molecule has 3 N–H and O–H groups in total. The van der Waals surface area contributed by atoms with Gasteiger partial charge in [-0.3, -0.25) is 30.0 Å². The molecule has 0 bridgehead atoms. The summed E-state index contributed by atoms with van der Waals surface area (Å²) in [5, 5.41) is 7.51. The number of rotatable bonds is 10. The second-order valence-electron chi connectivity index (χ2n) is 7.46. The minimum atomic E-state index is -0.885. The van der Waals surface area contributed by atoms with E-state index >= 15 is 0 Å². The number of hydrogen-bond donors (Lipinski definition) is 3. The summed E-state index contributed by atoms with van der Waals surface area (Å²) in [7, 11) is 0. The summed E-state index contributed by atoms with van der Waals surface area (Å²) >= 11 is 1.52. The molecule has 1 heterocycles. The number of amides is 3. The minimum Gasteiger partial charge on any atom is -0.484 e. The van der Waals surface area contributed by atoms with Gasteiger partial charge in [0.05, 0.1) is 5.39 Å². The van der Waals surface area contributed by atoms with Crippen LogP contribution in [-0.4, -0.2) is 52.2 Å². The van der Waals surface area contributed by atoms with Gasteiger partial charge in [0.25, 0.3) is 23.3 Å². The predicted octanol–water partition coefficient (Wildman–Crippen LogP) is 1.49. The van der Waals surface area contributed by atoms with E-state index in [1.807, 2.05) is 12.3 Å². The number of fused-ring (bicyclic) bond motifs is 1. The van der Waals surface area contributed by atoms with Gasteiger partial charge in [0.15, 0.2) is 12.3 Å². The average molecular weight is 498 g/mol. The van der Waals surface area contributed by atoms with Crippen molar-refractivity contribution in [2.24, 2.45) is 0 Å². The molecule has 10 nitrogen and oxygen atoms in total. The summed E-state index contributed by atoms with van der Waals surface area (Å²) in [6, 6.07) is 14.6. The van der Waals surface area contributed by atoms with Crippen LogP contribution in [0.1, 0.15) is 23.8 Å². The van der Waals surface area contributed by atoms with E-state index in [2.05, 4.69) is 21.3 Å². The van der Waals surface area contributed by atoms with Crippen LogP contribution in [-0.2, 0) is 16.1 Å². The maximum atomic E-state index is 12.8. The van der Waals surface area contributed by atoms with E-state index in [1.165, 1.54) is 16.4 Å². The highest BCUT2D eigenvalue weighted by Crippen LogP contribution is 2.13. The first kappa shape index (κ1) is 25.8.